The Morgan fingerprint density at radius 1 is 1.31 bits per heavy atom. The molecule has 0 spiro atoms. The van der Waals surface area contributed by atoms with Crippen molar-refractivity contribution in [3.63, 3.8) is 0 Å². The van der Waals surface area contributed by atoms with Crippen LogP contribution in [-0.4, -0.2) is 32.1 Å². The van der Waals surface area contributed by atoms with Gasteiger partial charge in [0, 0.05) is 38.0 Å². The van der Waals surface area contributed by atoms with Crippen molar-refractivity contribution in [2.75, 3.05) is 7.11 Å². The normalized spacial score (nSPS) is 13.8. The van der Waals surface area contributed by atoms with Crippen molar-refractivity contribution in [2.45, 2.75) is 32.4 Å². The first-order valence-corrected chi connectivity index (χ1v) is 11.2. The second-order valence-electron chi connectivity index (χ2n) is 7.87. The number of fused-ring (bicyclic) bond motifs is 2. The maximum absolute atomic E-state index is 13.5. The molecule has 4 aromatic rings. The molecule has 0 saturated heterocycles. The zero-order chi connectivity index (χ0) is 22.4. The zero-order valence-electron chi connectivity index (χ0n) is 18.1. The lowest BCUT2D eigenvalue weighted by Gasteiger charge is -2.21. The Labute approximate surface area is 188 Å². The number of hydrogen-bond acceptors (Lipinski definition) is 6. The van der Waals surface area contributed by atoms with Crippen molar-refractivity contribution in [3.8, 4) is 5.75 Å². The highest BCUT2D eigenvalue weighted by atomic mass is 32.1. The lowest BCUT2D eigenvalue weighted by Crippen LogP contribution is -2.31. The molecule has 5 rings (SSSR count). The number of benzene rings is 1. The van der Waals surface area contributed by atoms with Crippen molar-refractivity contribution in [1.29, 1.82) is 0 Å². The molecule has 164 valence electrons. The number of methoxy groups -OCH3 is 1. The number of thiophene rings is 1. The van der Waals surface area contributed by atoms with Gasteiger partial charge in [0.05, 0.1) is 17.4 Å². The molecule has 9 heteroatoms. The number of imidazole rings is 1. The maximum Gasteiger partial charge on any atom is 0.262 e. The standard InChI is InChI=1S/C23H23N5O3S/c1-13-17-22(25-16-9-6-11-28(16)23(17)30)32-19(13)21(29)26-18(20-24-10-12-27(20)2)14-7-4-5-8-15(14)31-3/h4-5,7-8,10,12,18H,6,9,11H2,1-3H3,(H,26,29). The highest BCUT2D eigenvalue weighted by Gasteiger charge is 2.28. The topological polar surface area (TPSA) is 91.0 Å². The van der Waals surface area contributed by atoms with E-state index >= 15 is 0 Å². The summed E-state index contributed by atoms with van der Waals surface area (Å²) in [5.41, 5.74) is 1.41. The molecule has 0 fully saturated rings. The number of aryl methyl sites for hydroxylation is 3. The quantitative estimate of drug-likeness (QED) is 0.506. The third-order valence-electron chi connectivity index (χ3n) is 5.96. The van der Waals surface area contributed by atoms with Gasteiger partial charge in [-0.3, -0.25) is 14.2 Å². The van der Waals surface area contributed by atoms with Crippen LogP contribution in [-0.2, 0) is 20.0 Å². The van der Waals surface area contributed by atoms with E-state index in [9.17, 15) is 9.59 Å². The summed E-state index contributed by atoms with van der Waals surface area (Å²) < 4.78 is 9.14. The molecule has 3 aromatic heterocycles. The minimum absolute atomic E-state index is 0.0549. The molecule has 1 unspecified atom stereocenters. The second kappa shape index (κ2) is 7.90. The fourth-order valence-corrected chi connectivity index (χ4v) is 5.42. The first kappa shape index (κ1) is 20.4. The third-order valence-corrected chi connectivity index (χ3v) is 7.14. The van der Waals surface area contributed by atoms with Crippen LogP contribution in [0.1, 0.15) is 44.9 Å². The van der Waals surface area contributed by atoms with Crippen LogP contribution in [0.5, 0.6) is 5.75 Å². The summed E-state index contributed by atoms with van der Waals surface area (Å²) in [7, 11) is 3.48. The molecule has 0 aliphatic carbocycles. The summed E-state index contributed by atoms with van der Waals surface area (Å²) in [6.45, 7) is 2.50. The first-order chi connectivity index (χ1) is 15.5. The lowest BCUT2D eigenvalue weighted by molar-refractivity contribution is 0.0944. The summed E-state index contributed by atoms with van der Waals surface area (Å²) in [5.74, 6) is 1.87. The number of ether oxygens (including phenoxy) is 1. The fourth-order valence-electron chi connectivity index (χ4n) is 4.33. The number of nitrogens with zero attached hydrogens (tertiary/aromatic N) is 4. The number of aromatic nitrogens is 4. The van der Waals surface area contributed by atoms with Crippen molar-refractivity contribution in [1.82, 2.24) is 24.4 Å². The summed E-state index contributed by atoms with van der Waals surface area (Å²) in [4.78, 5) is 36.7. The molecule has 8 nitrogen and oxygen atoms in total. The summed E-state index contributed by atoms with van der Waals surface area (Å²) in [5, 5.41) is 3.66. The van der Waals surface area contributed by atoms with Crippen molar-refractivity contribution in [2.24, 2.45) is 7.05 Å². The summed E-state index contributed by atoms with van der Waals surface area (Å²) in [6, 6.07) is 7.02. The summed E-state index contributed by atoms with van der Waals surface area (Å²) >= 11 is 1.27. The monoisotopic (exact) mass is 449 g/mol. The van der Waals surface area contributed by atoms with Crippen molar-refractivity contribution < 1.29 is 9.53 Å². The van der Waals surface area contributed by atoms with Crippen LogP contribution in [0.15, 0.2) is 41.5 Å². The smallest absolute Gasteiger partial charge is 0.262 e. The largest absolute Gasteiger partial charge is 0.496 e. The van der Waals surface area contributed by atoms with E-state index in [4.69, 9.17) is 4.74 Å². The molecule has 1 aromatic carbocycles. The van der Waals surface area contributed by atoms with E-state index in [1.165, 1.54) is 11.3 Å². The van der Waals surface area contributed by atoms with Gasteiger partial charge in [0.25, 0.3) is 11.5 Å². The molecule has 1 atom stereocenters. The summed E-state index contributed by atoms with van der Waals surface area (Å²) in [6.07, 6.45) is 5.25. The van der Waals surface area contributed by atoms with E-state index in [1.807, 2.05) is 49.0 Å². The fraction of sp³-hybridized carbons (Fsp3) is 0.304. The van der Waals surface area contributed by atoms with E-state index in [2.05, 4.69) is 15.3 Å². The average molecular weight is 450 g/mol. The van der Waals surface area contributed by atoms with E-state index in [0.717, 1.165) is 24.2 Å². The Balaban J connectivity index is 1.58. The molecular formula is C23H23N5O3S. The van der Waals surface area contributed by atoms with E-state index < -0.39 is 6.04 Å². The van der Waals surface area contributed by atoms with Crippen molar-refractivity contribution >= 4 is 27.5 Å². The molecule has 1 N–H and O–H groups in total. The molecule has 0 radical (unpaired) electrons. The predicted octanol–water partition coefficient (Wildman–Crippen LogP) is 2.97. The van der Waals surface area contributed by atoms with Crippen LogP contribution in [0.25, 0.3) is 10.2 Å². The Kier molecular flexibility index (Phi) is 5.05. The second-order valence-corrected chi connectivity index (χ2v) is 8.87. The van der Waals surface area contributed by atoms with Crippen LogP contribution in [0, 0.1) is 6.92 Å². The van der Waals surface area contributed by atoms with Crippen molar-refractivity contribution in [3.05, 3.63) is 74.7 Å². The minimum Gasteiger partial charge on any atom is -0.496 e. The number of carbonyl (C=O) groups is 1. The van der Waals surface area contributed by atoms with E-state index in [0.29, 0.717) is 38.8 Å². The van der Waals surface area contributed by atoms with Gasteiger partial charge in [0.1, 0.15) is 28.3 Å². The van der Waals surface area contributed by atoms with E-state index in [-0.39, 0.29) is 11.5 Å². The molecule has 1 aliphatic rings. The zero-order valence-corrected chi connectivity index (χ0v) is 18.9. The van der Waals surface area contributed by atoms with Gasteiger partial charge in [0.2, 0.25) is 0 Å². The molecule has 1 aliphatic heterocycles. The van der Waals surface area contributed by atoms with Gasteiger partial charge in [0.15, 0.2) is 0 Å². The number of hydrogen-bond donors (Lipinski definition) is 1. The number of nitrogens with one attached hydrogen (secondary N) is 1. The SMILES string of the molecule is COc1ccccc1C(NC(=O)c1sc2nc3n(c(=O)c2c1C)CCC3)c1nccn1C. The molecule has 0 bridgehead atoms. The predicted molar refractivity (Wildman–Crippen MR) is 122 cm³/mol. The third kappa shape index (κ3) is 3.20. The van der Waals surface area contributed by atoms with Gasteiger partial charge in [-0.05, 0) is 25.0 Å². The minimum atomic E-state index is -0.526. The Hall–Kier alpha value is -3.46. The number of para-hydroxylation sites is 1. The van der Waals surface area contributed by atoms with Crippen LogP contribution in [0.2, 0.25) is 0 Å². The number of carbonyl (C=O) groups excluding carboxylic acids is 1. The van der Waals surface area contributed by atoms with Crippen LogP contribution in [0.4, 0.5) is 0 Å². The molecule has 1 amide bonds. The number of rotatable bonds is 5. The van der Waals surface area contributed by atoms with Crippen LogP contribution in [0.3, 0.4) is 0 Å². The van der Waals surface area contributed by atoms with E-state index in [1.54, 1.807) is 17.9 Å². The molecular weight excluding hydrogens is 426 g/mol. The Morgan fingerprint density at radius 3 is 2.88 bits per heavy atom. The van der Waals surface area contributed by atoms with Gasteiger partial charge in [-0.1, -0.05) is 18.2 Å². The molecule has 4 heterocycles. The Morgan fingerprint density at radius 2 is 2.12 bits per heavy atom. The highest BCUT2D eigenvalue weighted by Crippen LogP contribution is 2.32. The Bertz CT molecular complexity index is 1400. The average Bonchev–Trinajstić information content (AvgIpc) is 3.51. The van der Waals surface area contributed by atoms with Gasteiger partial charge < -0.3 is 14.6 Å². The molecule has 0 saturated carbocycles. The van der Waals surface area contributed by atoms with Crippen LogP contribution < -0.4 is 15.6 Å². The van der Waals surface area contributed by atoms with Gasteiger partial charge in [-0.25, -0.2) is 9.97 Å². The number of amides is 1. The lowest BCUT2D eigenvalue weighted by atomic mass is 10.0. The highest BCUT2D eigenvalue weighted by molar-refractivity contribution is 7.20. The van der Waals surface area contributed by atoms with Gasteiger partial charge in [-0.15, -0.1) is 11.3 Å². The van der Waals surface area contributed by atoms with Gasteiger partial charge >= 0.3 is 0 Å². The first-order valence-electron chi connectivity index (χ1n) is 10.4. The maximum atomic E-state index is 13.5. The van der Waals surface area contributed by atoms with Crippen LogP contribution >= 0.6 is 11.3 Å². The van der Waals surface area contributed by atoms with Gasteiger partial charge in [-0.2, -0.15) is 0 Å². The molecule has 32 heavy (non-hydrogen) atoms.